The molecule has 3 atom stereocenters. The van der Waals surface area contributed by atoms with Gasteiger partial charge in [-0.25, -0.2) is 0 Å². The molecule has 0 amide bonds. The Hall–Kier alpha value is -0.850. The Balaban J connectivity index is 2.25. The van der Waals surface area contributed by atoms with Crippen LogP contribution in [0.15, 0.2) is 23.3 Å². The molecule has 0 radical (unpaired) electrons. The van der Waals surface area contributed by atoms with Gasteiger partial charge in [-0.2, -0.15) is 0 Å². The second-order valence-electron chi connectivity index (χ2n) is 6.52. The van der Waals surface area contributed by atoms with Crippen LogP contribution in [-0.2, 0) is 4.79 Å². The monoisotopic (exact) mass is 216 g/mol. The van der Waals surface area contributed by atoms with E-state index in [4.69, 9.17) is 0 Å². The molecular formula is C15H20O. The summed E-state index contributed by atoms with van der Waals surface area (Å²) in [5.41, 5.74) is 3.22. The van der Waals surface area contributed by atoms with Crippen molar-refractivity contribution >= 4 is 5.78 Å². The Morgan fingerprint density at radius 1 is 1.31 bits per heavy atom. The van der Waals surface area contributed by atoms with E-state index in [9.17, 15) is 4.79 Å². The first kappa shape index (κ1) is 10.3. The van der Waals surface area contributed by atoms with E-state index in [1.54, 1.807) is 5.57 Å². The van der Waals surface area contributed by atoms with Gasteiger partial charge in [0.2, 0.25) is 0 Å². The van der Waals surface area contributed by atoms with Gasteiger partial charge in [-0.1, -0.05) is 45.4 Å². The van der Waals surface area contributed by atoms with Crippen molar-refractivity contribution in [1.82, 2.24) is 0 Å². The van der Waals surface area contributed by atoms with Crippen molar-refractivity contribution in [3.8, 4) is 0 Å². The molecule has 3 aliphatic rings. The summed E-state index contributed by atoms with van der Waals surface area (Å²) < 4.78 is 0. The topological polar surface area (TPSA) is 17.1 Å². The molecule has 2 bridgehead atoms. The lowest BCUT2D eigenvalue weighted by Crippen LogP contribution is -2.34. The second kappa shape index (κ2) is 2.69. The molecule has 16 heavy (non-hydrogen) atoms. The molecule has 0 aromatic rings. The molecule has 1 nitrogen and oxygen atoms in total. The van der Waals surface area contributed by atoms with Crippen LogP contribution in [0.3, 0.4) is 0 Å². The van der Waals surface area contributed by atoms with Crippen molar-refractivity contribution in [2.24, 2.45) is 22.7 Å². The molecule has 1 fully saturated rings. The highest BCUT2D eigenvalue weighted by Gasteiger charge is 2.59. The number of fused-ring (bicyclic) bond motifs is 3. The highest BCUT2D eigenvalue weighted by Crippen LogP contribution is 2.63. The van der Waals surface area contributed by atoms with E-state index in [1.807, 2.05) is 0 Å². The van der Waals surface area contributed by atoms with E-state index in [1.165, 1.54) is 5.57 Å². The number of Topliss-reactive ketones (excluding diaryl/α,β-unsaturated/α-hetero) is 1. The lowest BCUT2D eigenvalue weighted by molar-refractivity contribution is -0.126. The molecule has 0 N–H and O–H groups in total. The van der Waals surface area contributed by atoms with E-state index < -0.39 is 0 Å². The summed E-state index contributed by atoms with van der Waals surface area (Å²) >= 11 is 0. The maximum atomic E-state index is 12.4. The predicted octanol–water partition coefficient (Wildman–Crippen LogP) is 3.51. The predicted molar refractivity (Wildman–Crippen MR) is 64.9 cm³/mol. The molecule has 86 valence electrons. The average molecular weight is 216 g/mol. The molecule has 0 aliphatic heterocycles. The molecule has 3 aliphatic carbocycles. The molecular weight excluding hydrogens is 196 g/mol. The second-order valence-corrected chi connectivity index (χ2v) is 6.52. The third kappa shape index (κ3) is 0.911. The lowest BCUT2D eigenvalue weighted by atomic mass is 9.61. The first-order valence-electron chi connectivity index (χ1n) is 6.33. The Labute approximate surface area is 97.6 Å². The maximum absolute atomic E-state index is 12.4. The van der Waals surface area contributed by atoms with Gasteiger partial charge in [0, 0.05) is 11.8 Å². The molecule has 0 unspecified atom stereocenters. The summed E-state index contributed by atoms with van der Waals surface area (Å²) in [5.74, 6) is 0.952. The summed E-state index contributed by atoms with van der Waals surface area (Å²) in [6, 6.07) is 0. The minimum atomic E-state index is 0.0592. The minimum absolute atomic E-state index is 0.0592. The van der Waals surface area contributed by atoms with Crippen molar-refractivity contribution in [3.63, 3.8) is 0 Å². The zero-order chi connectivity index (χ0) is 11.7. The van der Waals surface area contributed by atoms with Gasteiger partial charge < -0.3 is 0 Å². The number of carbonyl (C=O) groups excluding carboxylic acids is 1. The van der Waals surface area contributed by atoms with Crippen LogP contribution in [0, 0.1) is 22.7 Å². The van der Waals surface area contributed by atoms with Crippen LogP contribution in [0.4, 0.5) is 0 Å². The molecule has 0 spiro atoms. The highest BCUT2D eigenvalue weighted by atomic mass is 16.1. The summed E-state index contributed by atoms with van der Waals surface area (Å²) in [6.45, 7) is 8.93. The summed E-state index contributed by atoms with van der Waals surface area (Å²) in [5, 5.41) is 0. The van der Waals surface area contributed by atoms with Crippen molar-refractivity contribution in [2.45, 2.75) is 40.5 Å². The quantitative estimate of drug-likeness (QED) is 0.605. The number of ketones is 1. The van der Waals surface area contributed by atoms with Gasteiger partial charge in [0.15, 0.2) is 0 Å². The van der Waals surface area contributed by atoms with Crippen LogP contribution in [0.5, 0.6) is 0 Å². The molecule has 1 saturated carbocycles. The largest absolute Gasteiger partial charge is 0.299 e. The van der Waals surface area contributed by atoms with Gasteiger partial charge in [-0.05, 0) is 29.2 Å². The number of hydrogen-bond donors (Lipinski definition) is 0. The summed E-state index contributed by atoms with van der Waals surface area (Å²) in [4.78, 5) is 12.4. The number of hydrogen-bond acceptors (Lipinski definition) is 1. The van der Waals surface area contributed by atoms with Crippen molar-refractivity contribution in [3.05, 3.63) is 23.3 Å². The normalized spacial score (nSPS) is 44.1. The van der Waals surface area contributed by atoms with Crippen molar-refractivity contribution < 1.29 is 4.79 Å². The Bertz CT molecular complexity index is 438. The van der Waals surface area contributed by atoms with Gasteiger partial charge in [0.1, 0.15) is 5.78 Å². The Morgan fingerprint density at radius 3 is 2.69 bits per heavy atom. The van der Waals surface area contributed by atoms with Crippen LogP contribution in [0.1, 0.15) is 40.5 Å². The van der Waals surface area contributed by atoms with Crippen LogP contribution in [0.25, 0.3) is 0 Å². The van der Waals surface area contributed by atoms with Crippen LogP contribution in [0.2, 0.25) is 0 Å². The summed E-state index contributed by atoms with van der Waals surface area (Å²) in [6.07, 6.45) is 6.68. The van der Waals surface area contributed by atoms with Gasteiger partial charge >= 0.3 is 0 Å². The van der Waals surface area contributed by atoms with E-state index in [-0.39, 0.29) is 22.7 Å². The third-order valence-corrected chi connectivity index (χ3v) is 5.54. The Kier molecular flexibility index (Phi) is 1.74. The maximum Gasteiger partial charge on any atom is 0.140 e. The van der Waals surface area contributed by atoms with Gasteiger partial charge in [0.25, 0.3) is 0 Å². The first-order valence-corrected chi connectivity index (χ1v) is 6.33. The molecule has 0 aromatic heterocycles. The molecule has 0 saturated heterocycles. The first-order chi connectivity index (χ1) is 7.39. The fourth-order valence-electron chi connectivity index (χ4n) is 4.15. The average Bonchev–Trinajstić information content (AvgIpc) is 2.77. The number of rotatable bonds is 0. The smallest absolute Gasteiger partial charge is 0.140 e. The van der Waals surface area contributed by atoms with Gasteiger partial charge in [0.05, 0.1) is 0 Å². The standard InChI is InChI=1S/C15H20O/c1-9-13(16)12-8-15(9,4)11-7-5-6-10(11)14(12,2)3/h5-6,9,12H,7-8H2,1-4H3/t9-,12-,15+/m0/s1. The van der Waals surface area contributed by atoms with E-state index in [0.717, 1.165) is 12.8 Å². The zero-order valence-corrected chi connectivity index (χ0v) is 10.6. The lowest BCUT2D eigenvalue weighted by Gasteiger charge is -2.41. The van der Waals surface area contributed by atoms with Gasteiger partial charge in [-0.3, -0.25) is 4.79 Å². The van der Waals surface area contributed by atoms with Crippen LogP contribution < -0.4 is 0 Å². The molecule has 0 aromatic carbocycles. The fraction of sp³-hybridized carbons (Fsp3) is 0.667. The highest BCUT2D eigenvalue weighted by molar-refractivity contribution is 5.89. The van der Waals surface area contributed by atoms with Crippen LogP contribution >= 0.6 is 0 Å². The minimum Gasteiger partial charge on any atom is -0.299 e. The fourth-order valence-corrected chi connectivity index (χ4v) is 4.15. The van der Waals surface area contributed by atoms with E-state index in [2.05, 4.69) is 39.8 Å². The number of carbonyl (C=O) groups is 1. The van der Waals surface area contributed by atoms with Crippen LogP contribution in [-0.4, -0.2) is 5.78 Å². The SMILES string of the molecule is C[C@H]1C(=O)[C@@H]2C[C@@]1(C)C1=C(C=CC1)C2(C)C. The summed E-state index contributed by atoms with van der Waals surface area (Å²) in [7, 11) is 0. The molecule has 3 rings (SSSR count). The van der Waals surface area contributed by atoms with Gasteiger partial charge in [-0.15, -0.1) is 0 Å². The van der Waals surface area contributed by atoms with E-state index >= 15 is 0 Å². The number of allylic oxidation sites excluding steroid dienone is 4. The Morgan fingerprint density at radius 2 is 2.00 bits per heavy atom. The van der Waals surface area contributed by atoms with Crippen molar-refractivity contribution in [1.29, 1.82) is 0 Å². The third-order valence-electron chi connectivity index (χ3n) is 5.54. The zero-order valence-electron chi connectivity index (χ0n) is 10.6. The molecule has 1 heteroatoms. The van der Waals surface area contributed by atoms with E-state index in [0.29, 0.717) is 5.78 Å². The van der Waals surface area contributed by atoms with Crippen molar-refractivity contribution in [2.75, 3.05) is 0 Å². The molecule has 0 heterocycles.